The van der Waals surface area contributed by atoms with Crippen molar-refractivity contribution in [2.45, 2.75) is 11.8 Å². The zero-order valence-electron chi connectivity index (χ0n) is 10.7. The van der Waals surface area contributed by atoms with Crippen molar-refractivity contribution >= 4 is 21.1 Å². The smallest absolute Gasteiger partial charge is 0.240 e. The number of para-hydroxylation sites is 2. The molecule has 3 rings (SSSR count). The van der Waals surface area contributed by atoms with Crippen LogP contribution in [-0.2, 0) is 10.0 Å². The quantitative estimate of drug-likeness (QED) is 0.735. The third-order valence-electron chi connectivity index (χ3n) is 3.09. The Bertz CT molecular complexity index is 883. The monoisotopic (exact) mass is 291 g/mol. The summed E-state index contributed by atoms with van der Waals surface area (Å²) < 4.78 is 39.5. The molecule has 4 nitrogen and oxygen atoms in total. The Hall–Kier alpha value is -2.21. The minimum atomic E-state index is -3.75. The third-order valence-corrected chi connectivity index (χ3v) is 4.91. The van der Waals surface area contributed by atoms with Crippen LogP contribution in [0.2, 0.25) is 0 Å². The highest BCUT2D eigenvalue weighted by molar-refractivity contribution is 7.85. The van der Waals surface area contributed by atoms with Crippen molar-refractivity contribution in [1.29, 1.82) is 0 Å². The molecule has 0 bridgehead atoms. The van der Waals surface area contributed by atoms with Crippen LogP contribution in [0.5, 0.6) is 0 Å². The van der Waals surface area contributed by atoms with Crippen LogP contribution < -0.4 is 3.97 Å². The molecule has 0 aliphatic rings. The first kappa shape index (κ1) is 12.8. The number of H-pyrrole nitrogens is 1. The van der Waals surface area contributed by atoms with Gasteiger partial charge in [-0.2, -0.15) is 8.42 Å². The second kappa shape index (κ2) is 4.42. The highest BCUT2D eigenvalue weighted by atomic mass is 32.2. The largest absolute Gasteiger partial charge is 0.335 e. The van der Waals surface area contributed by atoms with Crippen molar-refractivity contribution in [3.05, 3.63) is 60.2 Å². The lowest BCUT2D eigenvalue weighted by Crippen LogP contribution is -2.44. The third kappa shape index (κ3) is 1.89. The molecule has 6 heteroatoms. The van der Waals surface area contributed by atoms with Gasteiger partial charge < -0.3 is 0 Å². The number of aryl methyl sites for hydroxylation is 1. The minimum Gasteiger partial charge on any atom is -0.240 e. The number of hydrogen-bond acceptors (Lipinski definition) is 2. The Morgan fingerprint density at radius 3 is 2.40 bits per heavy atom. The van der Waals surface area contributed by atoms with Crippen LogP contribution in [-0.4, -0.2) is 13.4 Å². The van der Waals surface area contributed by atoms with E-state index in [-0.39, 0.29) is 4.90 Å². The summed E-state index contributed by atoms with van der Waals surface area (Å²) in [5.74, 6) is 0.0279. The Morgan fingerprint density at radius 2 is 1.70 bits per heavy atom. The number of aromatic nitrogens is 2. The van der Waals surface area contributed by atoms with E-state index in [9.17, 15) is 12.8 Å². The fourth-order valence-electron chi connectivity index (χ4n) is 2.20. The standard InChI is InChI=1S/C14H11FN2O2S/c1-10-16-13-4-2-3-5-14(13)17(10)20(18,19)12-8-6-11(15)7-9-12/h2-9H,1H3/p+1. The summed E-state index contributed by atoms with van der Waals surface area (Å²) in [6.07, 6.45) is 0. The lowest BCUT2D eigenvalue weighted by molar-refractivity contribution is -0.489. The number of rotatable bonds is 2. The molecular weight excluding hydrogens is 279 g/mol. The highest BCUT2D eigenvalue weighted by Crippen LogP contribution is 2.15. The zero-order chi connectivity index (χ0) is 14.3. The summed E-state index contributed by atoms with van der Waals surface area (Å²) in [5, 5.41) is 0. The molecule has 20 heavy (non-hydrogen) atoms. The average Bonchev–Trinajstić information content (AvgIpc) is 2.75. The van der Waals surface area contributed by atoms with Crippen molar-refractivity contribution in [2.24, 2.45) is 0 Å². The molecule has 0 saturated carbocycles. The summed E-state index contributed by atoms with van der Waals surface area (Å²) in [6.45, 7) is 1.68. The normalized spacial score (nSPS) is 11.9. The summed E-state index contributed by atoms with van der Waals surface area (Å²) in [7, 11) is -3.75. The number of halogens is 1. The van der Waals surface area contributed by atoms with Gasteiger partial charge in [0.15, 0.2) is 11.0 Å². The molecule has 2 aromatic carbocycles. The number of imidazole rings is 1. The van der Waals surface area contributed by atoms with Crippen molar-refractivity contribution in [1.82, 2.24) is 4.98 Å². The van der Waals surface area contributed by atoms with Crippen LogP contribution in [0.4, 0.5) is 4.39 Å². The van der Waals surface area contributed by atoms with Crippen LogP contribution in [0.15, 0.2) is 53.4 Å². The van der Waals surface area contributed by atoms with Crippen molar-refractivity contribution < 1.29 is 16.8 Å². The lowest BCUT2D eigenvalue weighted by Gasteiger charge is -2.02. The van der Waals surface area contributed by atoms with E-state index in [1.807, 2.05) is 6.07 Å². The van der Waals surface area contributed by atoms with Crippen molar-refractivity contribution in [3.63, 3.8) is 0 Å². The van der Waals surface area contributed by atoms with Crippen molar-refractivity contribution in [3.8, 4) is 0 Å². The van der Waals surface area contributed by atoms with E-state index in [1.165, 1.54) is 16.1 Å². The van der Waals surface area contributed by atoms with E-state index >= 15 is 0 Å². The summed E-state index contributed by atoms with van der Waals surface area (Å²) >= 11 is 0. The van der Waals surface area contributed by atoms with Crippen molar-refractivity contribution in [2.75, 3.05) is 0 Å². The summed E-state index contributed by atoms with van der Waals surface area (Å²) in [6, 6.07) is 11.9. The maximum absolute atomic E-state index is 12.9. The zero-order valence-corrected chi connectivity index (χ0v) is 11.5. The van der Waals surface area contributed by atoms with E-state index in [1.54, 1.807) is 25.1 Å². The first-order valence-corrected chi connectivity index (χ1v) is 7.45. The first-order chi connectivity index (χ1) is 9.50. The molecule has 1 aromatic heterocycles. The molecule has 1 N–H and O–H groups in total. The van der Waals surface area contributed by atoms with Gasteiger partial charge in [-0.3, -0.25) is 0 Å². The van der Waals surface area contributed by atoms with Gasteiger partial charge in [0.1, 0.15) is 10.7 Å². The number of hydrogen-bond donors (Lipinski definition) is 1. The van der Waals surface area contributed by atoms with Gasteiger partial charge in [-0.1, -0.05) is 12.1 Å². The molecule has 0 atom stereocenters. The predicted octanol–water partition coefficient (Wildman–Crippen LogP) is 2.14. The maximum atomic E-state index is 12.9. The van der Waals surface area contributed by atoms with Crippen LogP contribution in [0.25, 0.3) is 11.0 Å². The highest BCUT2D eigenvalue weighted by Gasteiger charge is 2.28. The molecule has 0 aliphatic heterocycles. The fourth-order valence-corrected chi connectivity index (χ4v) is 3.72. The SMILES string of the molecule is Cc1[nH]c2ccccc2[n+]1S(=O)(=O)c1ccc(F)cc1. The van der Waals surface area contributed by atoms with Gasteiger partial charge in [-0.15, -0.1) is 3.97 Å². The van der Waals surface area contributed by atoms with Gasteiger partial charge in [0.2, 0.25) is 0 Å². The Morgan fingerprint density at radius 1 is 1.05 bits per heavy atom. The van der Waals surface area contributed by atoms with Gasteiger partial charge in [0.25, 0.3) is 5.82 Å². The molecular formula is C14H12FN2O2S+. The molecule has 0 aliphatic carbocycles. The Kier molecular flexibility index (Phi) is 2.83. The van der Waals surface area contributed by atoms with E-state index in [2.05, 4.69) is 4.98 Å². The fraction of sp³-hybridized carbons (Fsp3) is 0.0714. The number of fused-ring (bicyclic) bond motifs is 1. The van der Waals surface area contributed by atoms with E-state index < -0.39 is 15.8 Å². The molecule has 0 spiro atoms. The summed E-state index contributed by atoms with van der Waals surface area (Å²) in [4.78, 5) is 3.08. The molecule has 3 aromatic rings. The minimum absolute atomic E-state index is 0.0525. The molecule has 0 amide bonds. The summed E-state index contributed by atoms with van der Waals surface area (Å²) in [5.41, 5.74) is 1.30. The second-order valence-electron chi connectivity index (χ2n) is 4.45. The molecule has 0 radical (unpaired) electrons. The number of benzene rings is 2. The van der Waals surface area contributed by atoms with Gasteiger partial charge in [-0.25, -0.2) is 9.37 Å². The maximum Gasteiger partial charge on any atom is 0.335 e. The molecule has 0 unspecified atom stereocenters. The van der Waals surface area contributed by atoms with Gasteiger partial charge in [0.05, 0.1) is 0 Å². The van der Waals surface area contributed by atoms with Gasteiger partial charge in [-0.05, 0) is 36.4 Å². The first-order valence-electron chi connectivity index (χ1n) is 6.00. The molecule has 1 heterocycles. The van der Waals surface area contributed by atoms with Crippen LogP contribution in [0.3, 0.4) is 0 Å². The lowest BCUT2D eigenvalue weighted by atomic mass is 10.3. The van der Waals surface area contributed by atoms with E-state index in [0.717, 1.165) is 17.6 Å². The second-order valence-corrected chi connectivity index (χ2v) is 6.24. The van der Waals surface area contributed by atoms with E-state index in [0.29, 0.717) is 11.3 Å². The Balaban J connectivity index is 2.29. The predicted molar refractivity (Wildman–Crippen MR) is 72.2 cm³/mol. The topological polar surface area (TPSA) is 53.8 Å². The van der Waals surface area contributed by atoms with Crippen LogP contribution in [0.1, 0.15) is 5.82 Å². The molecule has 0 saturated heterocycles. The van der Waals surface area contributed by atoms with E-state index in [4.69, 9.17) is 0 Å². The van der Waals surface area contributed by atoms with Gasteiger partial charge in [0, 0.05) is 6.92 Å². The average molecular weight is 291 g/mol. The number of nitrogens with zero attached hydrogens (tertiary/aromatic N) is 1. The number of nitrogens with one attached hydrogen (secondary N) is 1. The van der Waals surface area contributed by atoms with Gasteiger partial charge >= 0.3 is 10.0 Å². The van der Waals surface area contributed by atoms with Crippen LogP contribution >= 0.6 is 0 Å². The Labute approximate surface area is 115 Å². The molecule has 0 fully saturated rings. The van der Waals surface area contributed by atoms with Crippen LogP contribution in [0, 0.1) is 12.7 Å². The number of aromatic amines is 1. The molecule has 102 valence electrons.